The fraction of sp³-hybridized carbons (Fsp3) is 0.500. The predicted octanol–water partition coefficient (Wildman–Crippen LogP) is 8.56. The second-order valence-corrected chi connectivity index (χ2v) is 19.2. The van der Waals surface area contributed by atoms with E-state index in [-0.39, 0.29) is 11.6 Å². The highest BCUT2D eigenvalue weighted by Crippen LogP contribution is 2.65. The highest BCUT2D eigenvalue weighted by atomic mass is 32.2. The second-order valence-electron chi connectivity index (χ2n) is 17.1. The Labute approximate surface area is 358 Å². The minimum absolute atomic E-state index is 0.148. The lowest BCUT2D eigenvalue weighted by molar-refractivity contribution is 0.319. The Morgan fingerprint density at radius 3 is 1.43 bits per heavy atom. The van der Waals surface area contributed by atoms with Crippen molar-refractivity contribution >= 4 is 23.5 Å². The summed E-state index contributed by atoms with van der Waals surface area (Å²) in [7, 11) is 3.93. The number of hydrogen-bond donors (Lipinski definition) is 0. The van der Waals surface area contributed by atoms with Gasteiger partial charge in [-0.1, -0.05) is 47.8 Å². The quantitative estimate of drug-likeness (QED) is 0.0772. The first-order chi connectivity index (χ1) is 29.1. The summed E-state index contributed by atoms with van der Waals surface area (Å²) < 4.78 is 41.2. The van der Waals surface area contributed by atoms with Gasteiger partial charge in [0.2, 0.25) is 11.6 Å². The maximum absolute atomic E-state index is 13.2. The number of halogens is 2. The second kappa shape index (κ2) is 17.2. The smallest absolute Gasteiger partial charge is 0.202 e. The van der Waals surface area contributed by atoms with Crippen LogP contribution in [0, 0.1) is 36.3 Å². The van der Waals surface area contributed by atoms with E-state index >= 15 is 0 Å². The van der Waals surface area contributed by atoms with Crippen LogP contribution in [0.25, 0.3) is 23.2 Å². The molecule has 16 heteroatoms. The molecule has 2 saturated heterocycles. The van der Waals surface area contributed by atoms with Gasteiger partial charge in [-0.3, -0.25) is 0 Å². The van der Waals surface area contributed by atoms with Gasteiger partial charge in [0.1, 0.15) is 11.6 Å². The van der Waals surface area contributed by atoms with Crippen LogP contribution < -0.4 is 0 Å². The van der Waals surface area contributed by atoms with E-state index in [9.17, 15) is 8.78 Å². The van der Waals surface area contributed by atoms with Crippen molar-refractivity contribution < 1.29 is 17.6 Å². The third kappa shape index (κ3) is 8.57. The summed E-state index contributed by atoms with van der Waals surface area (Å²) in [4.78, 5) is 13.4. The number of oxazole rings is 2. The average Bonchev–Trinajstić information content (AvgIpc) is 3.61. The van der Waals surface area contributed by atoms with Crippen molar-refractivity contribution in [2.75, 3.05) is 50.8 Å². The van der Waals surface area contributed by atoms with Gasteiger partial charge in [-0.2, -0.15) is 0 Å². The largest absolute Gasteiger partial charge is 0.440 e. The molecule has 0 bridgehead atoms. The van der Waals surface area contributed by atoms with E-state index in [4.69, 9.17) is 8.83 Å². The predicted molar refractivity (Wildman–Crippen MR) is 228 cm³/mol. The molecular weight excluding hydrogens is 803 g/mol. The Balaban J connectivity index is 0.000000154. The molecule has 0 N–H and O–H groups in total. The van der Waals surface area contributed by atoms with Crippen molar-refractivity contribution in [2.45, 2.75) is 74.5 Å². The van der Waals surface area contributed by atoms with Crippen LogP contribution in [0.3, 0.4) is 0 Å². The Morgan fingerprint density at radius 2 is 1.05 bits per heavy atom. The molecule has 60 heavy (non-hydrogen) atoms. The number of nitrogens with zero attached hydrogens (tertiary/aromatic N) is 10. The van der Waals surface area contributed by atoms with Gasteiger partial charge in [-0.05, 0) is 137 Å². The molecule has 2 spiro atoms. The third-order valence-corrected chi connectivity index (χ3v) is 15.3. The minimum Gasteiger partial charge on any atom is -0.440 e. The number of hydrogen-bond acceptors (Lipinski definition) is 12. The zero-order chi connectivity index (χ0) is 41.4. The van der Waals surface area contributed by atoms with Gasteiger partial charge in [0.05, 0.1) is 11.4 Å². The molecule has 2 aromatic carbocycles. The van der Waals surface area contributed by atoms with E-state index in [2.05, 4.69) is 40.2 Å². The molecule has 4 fully saturated rings. The number of benzene rings is 2. The van der Waals surface area contributed by atoms with Crippen LogP contribution in [0.15, 0.2) is 80.5 Å². The summed E-state index contributed by atoms with van der Waals surface area (Å²) in [6, 6.07) is 14.2. The molecule has 0 unspecified atom stereocenters. The van der Waals surface area contributed by atoms with Crippen molar-refractivity contribution in [3.63, 3.8) is 0 Å². The van der Waals surface area contributed by atoms with Gasteiger partial charge < -0.3 is 27.8 Å². The van der Waals surface area contributed by atoms with Crippen molar-refractivity contribution in [1.29, 1.82) is 0 Å². The maximum Gasteiger partial charge on any atom is 0.202 e. The van der Waals surface area contributed by atoms with Gasteiger partial charge in [-0.15, -0.1) is 20.4 Å². The Morgan fingerprint density at radius 1 is 0.633 bits per heavy atom. The first-order valence-electron chi connectivity index (χ1n) is 20.9. The molecule has 4 aliphatic rings. The number of aryl methyl sites for hydroxylation is 2. The monoisotopic (exact) mass is 854 g/mol. The Kier molecular flexibility index (Phi) is 11.7. The lowest BCUT2D eigenvalue weighted by atomic mass is 9.98. The van der Waals surface area contributed by atoms with E-state index in [0.717, 1.165) is 70.8 Å². The maximum atomic E-state index is 13.2. The van der Waals surface area contributed by atoms with Gasteiger partial charge in [0.25, 0.3) is 0 Å². The summed E-state index contributed by atoms with van der Waals surface area (Å²) in [5.74, 6) is 5.72. The van der Waals surface area contributed by atoms with Crippen molar-refractivity contribution in [3.8, 4) is 23.2 Å². The van der Waals surface area contributed by atoms with Crippen molar-refractivity contribution in [3.05, 3.63) is 95.5 Å². The topological polar surface area (TPSA) is 120 Å². The normalized spacial score (nSPS) is 23.5. The first-order valence-corrected chi connectivity index (χ1v) is 22.9. The summed E-state index contributed by atoms with van der Waals surface area (Å²) in [6.07, 6.45) is 10.1. The van der Waals surface area contributed by atoms with Crippen LogP contribution >= 0.6 is 23.5 Å². The lowest BCUT2D eigenvalue weighted by Crippen LogP contribution is -2.23. The third-order valence-electron chi connectivity index (χ3n) is 13.1. The number of aromatic nitrogens is 8. The minimum atomic E-state index is -0.148. The summed E-state index contributed by atoms with van der Waals surface area (Å²) in [5, 5.41) is 19.0. The highest BCUT2D eigenvalue weighted by molar-refractivity contribution is 7.99. The Bertz CT molecular complexity index is 2230. The molecule has 6 aromatic rings. The van der Waals surface area contributed by atoms with Gasteiger partial charge in [-0.25, -0.2) is 18.7 Å². The first kappa shape index (κ1) is 41.0. The van der Waals surface area contributed by atoms with Crippen molar-refractivity contribution in [1.82, 2.24) is 49.3 Å². The number of thioether (sulfide) groups is 2. The summed E-state index contributed by atoms with van der Waals surface area (Å²) in [5.41, 5.74) is 5.10. The van der Waals surface area contributed by atoms with Gasteiger partial charge in [0.15, 0.2) is 34.6 Å². The zero-order valence-corrected chi connectivity index (χ0v) is 36.3. The van der Waals surface area contributed by atoms with Crippen LogP contribution in [0.1, 0.15) is 72.9 Å². The van der Waals surface area contributed by atoms with E-state index in [1.807, 2.05) is 61.3 Å². The molecule has 2 saturated carbocycles. The average molecular weight is 855 g/mol. The standard InChI is InChI=1S/2C22H26FN5OS/c2*1-15-19(29-14-24-15)20-25-26-21(27(20)2)30-11-3-9-28-10-8-22(13-28)12-18(22)16-4-6-17(23)7-5-16/h2*4-7,14,18H,3,8-13H2,1-2H3/t2*18-,22+/m10/s1. The molecule has 0 amide bonds. The number of likely N-dealkylation sites (tertiary alicyclic amines) is 2. The SMILES string of the molecule is Cc1ncoc1-c1nnc(SCCCN2CC[C@@]3(C[C@H]3c3ccc(F)cc3)C2)n1C.Cc1ncoc1-c1nnc(SCCCN2CC[C@]3(C[C@@H]3c3ccc(F)cc3)C2)n1C. The van der Waals surface area contributed by atoms with Crippen LogP contribution in [0.2, 0.25) is 0 Å². The lowest BCUT2D eigenvalue weighted by Gasteiger charge is -2.16. The fourth-order valence-electron chi connectivity index (χ4n) is 9.49. The van der Waals surface area contributed by atoms with Crippen LogP contribution in [-0.2, 0) is 14.1 Å². The molecule has 316 valence electrons. The molecule has 0 radical (unpaired) electrons. The molecule has 12 nitrogen and oxygen atoms in total. The van der Waals surface area contributed by atoms with Crippen LogP contribution in [0.4, 0.5) is 8.78 Å². The molecule has 6 heterocycles. The zero-order valence-electron chi connectivity index (χ0n) is 34.7. The molecule has 2 aliphatic carbocycles. The van der Waals surface area contributed by atoms with Gasteiger partial charge >= 0.3 is 0 Å². The summed E-state index contributed by atoms with van der Waals surface area (Å²) >= 11 is 3.47. The highest BCUT2D eigenvalue weighted by Gasteiger charge is 2.58. The molecular formula is C44H52F2N10O2S2. The molecule has 4 atom stereocenters. The summed E-state index contributed by atoms with van der Waals surface area (Å²) in [6.45, 7) is 10.7. The van der Waals surface area contributed by atoms with E-state index in [0.29, 0.717) is 34.2 Å². The number of rotatable bonds is 14. The molecule has 10 rings (SSSR count). The van der Waals surface area contributed by atoms with Gasteiger partial charge in [0, 0.05) is 38.7 Å². The molecule has 2 aliphatic heterocycles. The van der Waals surface area contributed by atoms with Crippen LogP contribution in [0.5, 0.6) is 0 Å². The van der Waals surface area contributed by atoms with E-state index in [1.165, 1.54) is 75.8 Å². The van der Waals surface area contributed by atoms with Crippen molar-refractivity contribution in [2.24, 2.45) is 24.9 Å². The Hall–Kier alpha value is -4.38. The molecule has 4 aromatic heterocycles. The van der Waals surface area contributed by atoms with E-state index in [1.54, 1.807) is 47.8 Å². The van der Waals surface area contributed by atoms with E-state index < -0.39 is 0 Å². The van der Waals surface area contributed by atoms with Crippen LogP contribution in [-0.4, -0.2) is 100 Å². The fourth-order valence-corrected chi connectivity index (χ4v) is 11.2.